The number of hydrogen-bond donors (Lipinski definition) is 0. The quantitative estimate of drug-likeness (QED) is 0.583. The molecule has 0 spiro atoms. The minimum Gasteiger partial charge on any atom is -0.871 e. The van der Waals surface area contributed by atoms with Crippen LogP contribution in [0.1, 0.15) is 0 Å². The van der Waals surface area contributed by atoms with Crippen molar-refractivity contribution in [2.45, 2.75) is 0 Å². The van der Waals surface area contributed by atoms with E-state index >= 15 is 0 Å². The van der Waals surface area contributed by atoms with Crippen LogP contribution < -0.4 is 34.7 Å². The molecular formula is C10H6BrNaO. The first-order chi connectivity index (χ1) is 5.79. The second kappa shape index (κ2) is 4.47. The molecule has 13 heavy (non-hydrogen) atoms. The summed E-state index contributed by atoms with van der Waals surface area (Å²) < 4.78 is 0.626. The molecule has 0 atom stereocenters. The van der Waals surface area contributed by atoms with Gasteiger partial charge in [-0.1, -0.05) is 52.0 Å². The van der Waals surface area contributed by atoms with Crippen molar-refractivity contribution in [3.05, 3.63) is 40.9 Å². The van der Waals surface area contributed by atoms with Crippen molar-refractivity contribution in [3.63, 3.8) is 0 Å². The number of benzene rings is 2. The minimum absolute atomic E-state index is 0. The maximum absolute atomic E-state index is 11.5. The molecule has 60 valence electrons. The van der Waals surface area contributed by atoms with Gasteiger partial charge in [-0.2, -0.15) is 0 Å². The minimum atomic E-state index is 0. The molecule has 2 aromatic carbocycles. The third-order valence-corrected chi connectivity index (χ3v) is 2.46. The number of rotatable bonds is 0. The van der Waals surface area contributed by atoms with Crippen LogP contribution in [-0.4, -0.2) is 0 Å². The molecule has 3 heteroatoms. The maximum Gasteiger partial charge on any atom is 1.00 e. The van der Waals surface area contributed by atoms with E-state index in [1.165, 1.54) is 0 Å². The summed E-state index contributed by atoms with van der Waals surface area (Å²) in [5.41, 5.74) is 0. The maximum atomic E-state index is 11.5. The van der Waals surface area contributed by atoms with Crippen LogP contribution in [0.25, 0.3) is 10.8 Å². The number of halogens is 1. The van der Waals surface area contributed by atoms with E-state index in [1.54, 1.807) is 6.07 Å². The van der Waals surface area contributed by atoms with E-state index in [2.05, 4.69) is 15.9 Å². The van der Waals surface area contributed by atoms with Crippen LogP contribution >= 0.6 is 15.9 Å². The van der Waals surface area contributed by atoms with E-state index in [0.717, 1.165) is 10.8 Å². The van der Waals surface area contributed by atoms with Crippen LogP contribution in [-0.2, 0) is 0 Å². The fraction of sp³-hybridized carbons (Fsp3) is 0. The van der Waals surface area contributed by atoms with Gasteiger partial charge in [0.05, 0.1) is 0 Å². The van der Waals surface area contributed by atoms with Gasteiger partial charge in [0, 0.05) is 4.47 Å². The third-order valence-electron chi connectivity index (χ3n) is 1.83. The Balaban J connectivity index is 0.000000845. The summed E-state index contributed by atoms with van der Waals surface area (Å²) in [5, 5.41) is 13.2. The molecule has 0 radical (unpaired) electrons. The van der Waals surface area contributed by atoms with Gasteiger partial charge in [0.25, 0.3) is 0 Å². The molecule has 0 heterocycles. The van der Waals surface area contributed by atoms with E-state index in [0.29, 0.717) is 4.47 Å². The van der Waals surface area contributed by atoms with E-state index in [4.69, 9.17) is 0 Å². The largest absolute Gasteiger partial charge is 1.00 e. The summed E-state index contributed by atoms with van der Waals surface area (Å²) in [6.07, 6.45) is 0. The molecule has 0 amide bonds. The molecular weight excluding hydrogens is 239 g/mol. The van der Waals surface area contributed by atoms with Crippen molar-refractivity contribution in [1.82, 2.24) is 0 Å². The average Bonchev–Trinajstić information content (AvgIpc) is 2.12. The van der Waals surface area contributed by atoms with Crippen LogP contribution in [0.5, 0.6) is 5.75 Å². The molecule has 0 aromatic heterocycles. The van der Waals surface area contributed by atoms with Gasteiger partial charge in [0.15, 0.2) is 0 Å². The second-order valence-electron chi connectivity index (χ2n) is 2.60. The van der Waals surface area contributed by atoms with Gasteiger partial charge in [0.2, 0.25) is 0 Å². The zero-order chi connectivity index (χ0) is 8.55. The summed E-state index contributed by atoms with van der Waals surface area (Å²) in [4.78, 5) is 0. The molecule has 0 saturated heterocycles. The van der Waals surface area contributed by atoms with Gasteiger partial charge >= 0.3 is 29.6 Å². The van der Waals surface area contributed by atoms with Crippen LogP contribution in [0.15, 0.2) is 40.9 Å². The Kier molecular flexibility index (Phi) is 3.80. The molecule has 1 nitrogen and oxygen atoms in total. The molecule has 0 aliphatic carbocycles. The second-order valence-corrected chi connectivity index (χ2v) is 3.45. The fourth-order valence-electron chi connectivity index (χ4n) is 1.22. The van der Waals surface area contributed by atoms with Crippen molar-refractivity contribution in [3.8, 4) is 5.75 Å². The van der Waals surface area contributed by atoms with E-state index in [1.807, 2.05) is 30.3 Å². The number of fused-ring (bicyclic) bond motifs is 1. The zero-order valence-corrected chi connectivity index (χ0v) is 10.8. The van der Waals surface area contributed by atoms with Gasteiger partial charge in [-0.05, 0) is 16.8 Å². The normalized spacial score (nSPS) is 9.62. The molecule has 0 unspecified atom stereocenters. The van der Waals surface area contributed by atoms with Crippen molar-refractivity contribution >= 4 is 26.7 Å². The van der Waals surface area contributed by atoms with Gasteiger partial charge in [-0.3, -0.25) is 0 Å². The van der Waals surface area contributed by atoms with Crippen molar-refractivity contribution in [1.29, 1.82) is 0 Å². The first-order valence-corrected chi connectivity index (χ1v) is 4.42. The standard InChI is InChI=1S/C10H7BrO.Na/c11-9-6-5-7-3-1-2-4-8(7)10(9)12;/h1-6,12H;/q;+1/p-1. The fourth-order valence-corrected chi connectivity index (χ4v) is 1.56. The molecule has 0 saturated carbocycles. The summed E-state index contributed by atoms with van der Waals surface area (Å²) in [5.74, 6) is 0.0631. The zero-order valence-electron chi connectivity index (χ0n) is 7.25. The van der Waals surface area contributed by atoms with Gasteiger partial charge < -0.3 is 5.11 Å². The summed E-state index contributed by atoms with van der Waals surface area (Å²) >= 11 is 3.20. The monoisotopic (exact) mass is 244 g/mol. The van der Waals surface area contributed by atoms with Gasteiger partial charge in [-0.25, -0.2) is 0 Å². The smallest absolute Gasteiger partial charge is 0.871 e. The predicted molar refractivity (Wildman–Crippen MR) is 51.1 cm³/mol. The molecule has 2 aromatic rings. The van der Waals surface area contributed by atoms with E-state index < -0.39 is 0 Å². The summed E-state index contributed by atoms with van der Waals surface area (Å²) in [6, 6.07) is 11.3. The Morgan fingerprint density at radius 2 is 1.69 bits per heavy atom. The third kappa shape index (κ3) is 2.08. The molecule has 2 rings (SSSR count). The van der Waals surface area contributed by atoms with Crippen LogP contribution in [0.2, 0.25) is 0 Å². The summed E-state index contributed by atoms with van der Waals surface area (Å²) in [7, 11) is 0. The first-order valence-electron chi connectivity index (χ1n) is 3.63. The Hall–Kier alpha value is -0.0200. The van der Waals surface area contributed by atoms with E-state index in [9.17, 15) is 5.11 Å². The molecule has 0 bridgehead atoms. The Labute approximate surface area is 107 Å². The van der Waals surface area contributed by atoms with Crippen LogP contribution in [0, 0.1) is 0 Å². The average molecular weight is 245 g/mol. The molecule has 0 fully saturated rings. The van der Waals surface area contributed by atoms with Gasteiger partial charge in [-0.15, -0.1) is 0 Å². The van der Waals surface area contributed by atoms with Gasteiger partial charge in [0.1, 0.15) is 0 Å². The summed E-state index contributed by atoms with van der Waals surface area (Å²) in [6.45, 7) is 0. The first kappa shape index (κ1) is 11.1. The van der Waals surface area contributed by atoms with Crippen molar-refractivity contribution in [2.75, 3.05) is 0 Å². The predicted octanol–water partition coefficient (Wildman–Crippen LogP) is -0.320. The van der Waals surface area contributed by atoms with Crippen molar-refractivity contribution in [2.24, 2.45) is 0 Å². The molecule has 0 aliphatic heterocycles. The Morgan fingerprint density at radius 1 is 1.00 bits per heavy atom. The van der Waals surface area contributed by atoms with Crippen LogP contribution in [0.4, 0.5) is 0 Å². The van der Waals surface area contributed by atoms with Crippen molar-refractivity contribution < 1.29 is 34.7 Å². The SMILES string of the molecule is [Na+].[O-]c1c(Br)ccc2ccccc12. The van der Waals surface area contributed by atoms with E-state index in [-0.39, 0.29) is 35.3 Å². The Morgan fingerprint density at radius 3 is 2.46 bits per heavy atom. The Bertz CT molecular complexity index is 428. The number of hydrogen-bond acceptors (Lipinski definition) is 1. The topological polar surface area (TPSA) is 23.1 Å². The molecule has 0 aliphatic rings. The van der Waals surface area contributed by atoms with Crippen LogP contribution in [0.3, 0.4) is 0 Å². The molecule has 0 N–H and O–H groups in total.